The van der Waals surface area contributed by atoms with Crippen LogP contribution in [0.5, 0.6) is 0 Å². The molecule has 354 valence electrons. The van der Waals surface area contributed by atoms with E-state index in [-0.39, 0.29) is 10.8 Å². The van der Waals surface area contributed by atoms with Gasteiger partial charge in [-0.2, -0.15) is 41.6 Å². The molecule has 2 radical (unpaired) electrons. The van der Waals surface area contributed by atoms with Gasteiger partial charge in [0.15, 0.2) is 0 Å². The number of benzene rings is 6. The van der Waals surface area contributed by atoms with Gasteiger partial charge in [-0.25, -0.2) is 0 Å². The van der Waals surface area contributed by atoms with Crippen LogP contribution in [0.15, 0.2) is 127 Å². The summed E-state index contributed by atoms with van der Waals surface area (Å²) < 4.78 is 0. The maximum atomic E-state index is 4.93. The van der Waals surface area contributed by atoms with Gasteiger partial charge in [-0.05, 0) is 67.9 Å². The predicted octanol–water partition coefficient (Wildman–Crippen LogP) is 18.7. The Morgan fingerprint density at radius 1 is 0.500 bits per heavy atom. The van der Waals surface area contributed by atoms with Gasteiger partial charge in [-0.1, -0.05) is 204 Å². The average Bonchev–Trinajstić information content (AvgIpc) is 3.98. The van der Waals surface area contributed by atoms with Crippen molar-refractivity contribution in [3.63, 3.8) is 0 Å². The summed E-state index contributed by atoms with van der Waals surface area (Å²) >= 11 is -0.826. The quantitative estimate of drug-likeness (QED) is 0.115. The third kappa shape index (κ3) is 12.6. The van der Waals surface area contributed by atoms with Crippen LogP contribution in [0.4, 0.5) is 0 Å². The maximum absolute atomic E-state index is 4.93. The number of halogens is 2. The number of hydrogen-bond acceptors (Lipinski definition) is 0. The number of hydrogen-bond donors (Lipinski definition) is 0. The maximum Gasteiger partial charge on any atom is 0.0920 e. The molecule has 0 unspecified atom stereocenters. The van der Waals surface area contributed by atoms with Gasteiger partial charge in [-0.15, -0.1) is 74.6 Å². The molecule has 0 saturated carbocycles. The number of fused-ring (bicyclic) bond motifs is 5. The number of aryl methyl sites for hydroxylation is 2. The van der Waals surface area contributed by atoms with Crippen LogP contribution in [0.25, 0.3) is 54.9 Å². The second-order valence-electron chi connectivity index (χ2n) is 22.1. The van der Waals surface area contributed by atoms with E-state index >= 15 is 0 Å². The molecule has 8 aromatic carbocycles. The fourth-order valence-corrected chi connectivity index (χ4v) is 10.7. The first kappa shape index (κ1) is 53.6. The molecule has 1 heterocycles. The van der Waals surface area contributed by atoms with Gasteiger partial charge in [0, 0.05) is 0 Å². The molecular formula is C64H73Cl2SiZr-3. The Labute approximate surface area is 432 Å². The molecule has 0 bridgehead atoms. The molecule has 68 heavy (non-hydrogen) atoms. The zero-order valence-corrected chi connectivity index (χ0v) is 48.7. The minimum atomic E-state index is -0.826. The summed E-state index contributed by atoms with van der Waals surface area (Å²) in [6.07, 6.45) is 0. The zero-order valence-electron chi connectivity index (χ0n) is 43.7. The van der Waals surface area contributed by atoms with Crippen molar-refractivity contribution in [1.29, 1.82) is 0 Å². The largest absolute Gasteiger partial charge is 0.184 e. The Morgan fingerprint density at radius 2 is 0.882 bits per heavy atom. The van der Waals surface area contributed by atoms with Crippen LogP contribution >= 0.6 is 17.0 Å². The molecule has 4 heteroatoms. The standard InChI is InChI=1S/2C26H33.C12H7Si.2ClH.Zr/c2*1-16(2)20-13-21(17(3)4)15-22(14-20)25-23-12-18(5)11-19(23)9-10-24(25)26(6,7)8;1-3-7-11-9(5-1)10-6-2-4-8-12(10)13-11;;;/h2*9-17H,1-8H3;1-7H;2*1H;/q3*-1;;;+2/p-2. The van der Waals surface area contributed by atoms with E-state index in [1.807, 2.05) is 6.07 Å². The van der Waals surface area contributed by atoms with E-state index in [1.165, 1.54) is 110 Å². The van der Waals surface area contributed by atoms with E-state index < -0.39 is 20.8 Å². The normalized spacial score (nSPS) is 12.1. The van der Waals surface area contributed by atoms with Crippen LogP contribution in [0.2, 0.25) is 0 Å². The Kier molecular flexibility index (Phi) is 17.8. The minimum Gasteiger partial charge on any atom is -0.184 e. The first-order chi connectivity index (χ1) is 32.0. The minimum absolute atomic E-state index is 0.112. The predicted molar refractivity (Wildman–Crippen MR) is 301 cm³/mol. The topological polar surface area (TPSA) is 0 Å². The van der Waals surface area contributed by atoms with Crippen molar-refractivity contribution < 1.29 is 20.8 Å². The molecule has 1 aliphatic rings. The third-order valence-corrected chi connectivity index (χ3v) is 14.6. The Morgan fingerprint density at radius 3 is 1.26 bits per heavy atom. The van der Waals surface area contributed by atoms with E-state index in [1.54, 1.807) is 0 Å². The molecule has 0 nitrogen and oxygen atoms in total. The van der Waals surface area contributed by atoms with Crippen LogP contribution in [0.3, 0.4) is 0 Å². The molecule has 0 N–H and O–H groups in total. The van der Waals surface area contributed by atoms with Crippen molar-refractivity contribution >= 4 is 58.5 Å². The first-order valence-electron chi connectivity index (χ1n) is 24.6. The second kappa shape index (κ2) is 22.5. The molecule has 0 aliphatic carbocycles. The fourth-order valence-electron chi connectivity index (χ4n) is 9.44. The molecule has 0 saturated heterocycles. The van der Waals surface area contributed by atoms with Gasteiger partial charge in [-0.3, -0.25) is 0 Å². The summed E-state index contributed by atoms with van der Waals surface area (Å²) in [7, 11) is 10.7. The summed E-state index contributed by atoms with van der Waals surface area (Å²) in [6.45, 7) is 36.7. The average molecular weight is 1030 g/mol. The summed E-state index contributed by atoms with van der Waals surface area (Å²) in [4.78, 5) is 0. The molecule has 9 rings (SSSR count). The van der Waals surface area contributed by atoms with Crippen LogP contribution in [0.1, 0.15) is 165 Å². The summed E-state index contributed by atoms with van der Waals surface area (Å²) in [5.41, 5.74) is 19.9. The Balaban J connectivity index is 0.000000171. The second-order valence-corrected chi connectivity index (χ2v) is 27.2. The molecule has 0 atom stereocenters. The van der Waals surface area contributed by atoms with Crippen molar-refractivity contribution in [2.75, 3.05) is 0 Å². The van der Waals surface area contributed by atoms with Crippen molar-refractivity contribution in [2.45, 2.75) is 145 Å². The van der Waals surface area contributed by atoms with Crippen LogP contribution in [-0.2, 0) is 31.7 Å². The van der Waals surface area contributed by atoms with Crippen molar-refractivity contribution in [2.24, 2.45) is 0 Å². The van der Waals surface area contributed by atoms with Crippen LogP contribution < -0.4 is 10.4 Å². The van der Waals surface area contributed by atoms with Crippen LogP contribution in [0, 0.1) is 19.9 Å². The molecule has 1 aliphatic heterocycles. The van der Waals surface area contributed by atoms with Crippen molar-refractivity contribution in [3.8, 4) is 33.4 Å². The van der Waals surface area contributed by atoms with Gasteiger partial charge in [0.05, 0.1) is 9.52 Å². The summed E-state index contributed by atoms with van der Waals surface area (Å²) in [6, 6.07) is 51.2. The fraction of sp³-hybridized carbons (Fsp3) is 0.344. The smallest absolute Gasteiger partial charge is 0.0920 e. The number of rotatable bonds is 6. The van der Waals surface area contributed by atoms with Gasteiger partial charge in [0.25, 0.3) is 0 Å². The van der Waals surface area contributed by atoms with Gasteiger partial charge >= 0.3 is 37.9 Å². The van der Waals surface area contributed by atoms with Gasteiger partial charge < -0.3 is 0 Å². The summed E-state index contributed by atoms with van der Waals surface area (Å²) in [5.74, 6) is 2.13. The summed E-state index contributed by atoms with van der Waals surface area (Å²) in [5, 5.41) is 8.32. The molecule has 0 amide bonds. The molecule has 0 fully saturated rings. The van der Waals surface area contributed by atoms with Crippen molar-refractivity contribution in [1.82, 2.24) is 0 Å². The molecule has 8 aromatic rings. The SMILES string of the molecule is Cc1cc2c(-c3cc(C(C)C)cc(C(C)C)c3)c(C(C)(C)C)ccc2[cH-]1.Cc1cc2c(-c3cc(C(C)C)cc(C(C)C)c3)c(C(C)(C)C)ccc2[cH-]1.[Cl][Zr][Cl].[c-]1cccc2c1[Si]c1ccccc1-2. The van der Waals surface area contributed by atoms with E-state index in [4.69, 9.17) is 17.0 Å². The van der Waals surface area contributed by atoms with E-state index in [0.29, 0.717) is 23.7 Å². The van der Waals surface area contributed by atoms with E-state index in [2.05, 4.69) is 238 Å². The van der Waals surface area contributed by atoms with Gasteiger partial charge in [0.2, 0.25) is 0 Å². The monoisotopic (exact) mass is 1030 g/mol. The molecule has 0 aromatic heterocycles. The van der Waals surface area contributed by atoms with E-state index in [0.717, 1.165) is 9.52 Å². The Hall–Kier alpha value is -3.78. The first-order valence-corrected chi connectivity index (χ1v) is 31.9. The Bertz CT molecular complexity index is 2720. The molecular weight excluding hydrogens is 959 g/mol. The van der Waals surface area contributed by atoms with E-state index in [9.17, 15) is 0 Å². The third-order valence-electron chi connectivity index (χ3n) is 13.2. The van der Waals surface area contributed by atoms with Crippen molar-refractivity contribution in [3.05, 3.63) is 178 Å². The van der Waals surface area contributed by atoms with Crippen LogP contribution in [-0.4, -0.2) is 9.52 Å². The van der Waals surface area contributed by atoms with Gasteiger partial charge in [0.1, 0.15) is 0 Å². The zero-order chi connectivity index (χ0) is 49.8. The molecule has 0 spiro atoms.